The highest BCUT2D eigenvalue weighted by atomic mass is 16.7. The number of hydrogen-bond donors (Lipinski definition) is 1. The summed E-state index contributed by atoms with van der Waals surface area (Å²) in [7, 11) is 1.24. The van der Waals surface area contributed by atoms with Gasteiger partial charge < -0.3 is 24.3 Å². The molecule has 1 amide bonds. The van der Waals surface area contributed by atoms with E-state index in [0.29, 0.717) is 17.1 Å². The van der Waals surface area contributed by atoms with Crippen molar-refractivity contribution in [1.29, 1.82) is 0 Å². The van der Waals surface area contributed by atoms with Gasteiger partial charge in [-0.05, 0) is 29.3 Å². The predicted molar refractivity (Wildman–Crippen MR) is 107 cm³/mol. The number of hydrogen-bond acceptors (Lipinski definition) is 7. The van der Waals surface area contributed by atoms with E-state index in [4.69, 9.17) is 18.9 Å². The van der Waals surface area contributed by atoms with E-state index < -0.39 is 30.5 Å². The second-order valence-corrected chi connectivity index (χ2v) is 6.39. The van der Waals surface area contributed by atoms with Gasteiger partial charge in [0.25, 0.3) is 5.91 Å². The van der Waals surface area contributed by atoms with E-state index in [2.05, 4.69) is 5.32 Å². The van der Waals surface area contributed by atoms with Crippen LogP contribution in [0.15, 0.2) is 54.6 Å². The number of esters is 2. The maximum absolute atomic E-state index is 12.1. The van der Waals surface area contributed by atoms with Gasteiger partial charge in [0.15, 0.2) is 18.1 Å². The van der Waals surface area contributed by atoms with Crippen LogP contribution in [0.25, 0.3) is 6.08 Å². The Hall–Kier alpha value is -3.81. The Morgan fingerprint density at radius 2 is 1.87 bits per heavy atom. The topological polar surface area (TPSA) is 100 Å². The van der Waals surface area contributed by atoms with E-state index in [1.165, 1.54) is 19.3 Å². The number of amides is 1. The van der Waals surface area contributed by atoms with Crippen molar-refractivity contribution >= 4 is 23.9 Å². The largest absolute Gasteiger partial charge is 0.467 e. The number of carbonyl (C=O) groups excluding carboxylic acids is 3. The lowest BCUT2D eigenvalue weighted by molar-refractivity contribution is -0.147. The van der Waals surface area contributed by atoms with Gasteiger partial charge in [0.1, 0.15) is 6.04 Å². The van der Waals surface area contributed by atoms with Gasteiger partial charge in [-0.1, -0.05) is 36.4 Å². The van der Waals surface area contributed by atoms with Crippen LogP contribution in [0.3, 0.4) is 0 Å². The van der Waals surface area contributed by atoms with Crippen molar-refractivity contribution in [2.75, 3.05) is 20.5 Å². The number of carbonyl (C=O) groups is 3. The van der Waals surface area contributed by atoms with Gasteiger partial charge in [-0.25, -0.2) is 9.59 Å². The molecular formula is C22H21NO7. The number of ether oxygens (including phenoxy) is 4. The van der Waals surface area contributed by atoms with Gasteiger partial charge >= 0.3 is 11.9 Å². The maximum Gasteiger partial charge on any atom is 0.331 e. The third kappa shape index (κ3) is 5.84. The van der Waals surface area contributed by atoms with Crippen molar-refractivity contribution in [3.8, 4) is 11.5 Å². The molecule has 0 radical (unpaired) electrons. The van der Waals surface area contributed by atoms with Crippen LogP contribution in [-0.2, 0) is 30.3 Å². The van der Waals surface area contributed by atoms with Crippen LogP contribution < -0.4 is 14.8 Å². The molecule has 0 fully saturated rings. The third-order valence-corrected chi connectivity index (χ3v) is 4.26. The molecule has 8 nitrogen and oxygen atoms in total. The smallest absolute Gasteiger partial charge is 0.331 e. The van der Waals surface area contributed by atoms with Crippen molar-refractivity contribution in [2.24, 2.45) is 0 Å². The molecule has 1 N–H and O–H groups in total. The van der Waals surface area contributed by atoms with Crippen molar-refractivity contribution in [2.45, 2.75) is 12.5 Å². The first-order chi connectivity index (χ1) is 14.5. The van der Waals surface area contributed by atoms with Crippen LogP contribution in [0.5, 0.6) is 11.5 Å². The lowest BCUT2D eigenvalue weighted by Crippen LogP contribution is -2.44. The number of methoxy groups -OCH3 is 1. The van der Waals surface area contributed by atoms with Crippen LogP contribution in [-0.4, -0.2) is 44.4 Å². The minimum absolute atomic E-state index is 0.163. The molecular weight excluding hydrogens is 390 g/mol. The van der Waals surface area contributed by atoms with Gasteiger partial charge in [-0.3, -0.25) is 4.79 Å². The van der Waals surface area contributed by atoms with Crippen LogP contribution in [0.4, 0.5) is 0 Å². The third-order valence-electron chi connectivity index (χ3n) is 4.26. The summed E-state index contributed by atoms with van der Waals surface area (Å²) >= 11 is 0. The van der Waals surface area contributed by atoms with Gasteiger partial charge in [0, 0.05) is 12.5 Å². The summed E-state index contributed by atoms with van der Waals surface area (Å²) in [5.74, 6) is -0.646. The SMILES string of the molecule is COC(=O)[C@H](Cc1ccccc1)NC(=O)COC(=O)/C=C/c1ccc2c(c1)OCO2. The van der Waals surface area contributed by atoms with E-state index in [1.807, 2.05) is 30.3 Å². The van der Waals surface area contributed by atoms with Crippen LogP contribution in [0, 0.1) is 0 Å². The van der Waals surface area contributed by atoms with Crippen LogP contribution >= 0.6 is 0 Å². The Kier molecular flexibility index (Phi) is 7.05. The normalized spacial score (nSPS) is 13.0. The van der Waals surface area contributed by atoms with Crippen LogP contribution in [0.2, 0.25) is 0 Å². The molecule has 0 spiro atoms. The average molecular weight is 411 g/mol. The minimum Gasteiger partial charge on any atom is -0.467 e. The van der Waals surface area contributed by atoms with Gasteiger partial charge in [-0.2, -0.15) is 0 Å². The molecule has 0 aliphatic carbocycles. The monoisotopic (exact) mass is 411 g/mol. The molecule has 1 aliphatic heterocycles. The lowest BCUT2D eigenvalue weighted by atomic mass is 10.1. The van der Waals surface area contributed by atoms with Crippen molar-refractivity contribution in [1.82, 2.24) is 5.32 Å². The fourth-order valence-electron chi connectivity index (χ4n) is 2.79. The number of fused-ring (bicyclic) bond motifs is 1. The molecule has 1 heterocycles. The maximum atomic E-state index is 12.1. The Labute approximate surface area is 173 Å². The highest BCUT2D eigenvalue weighted by Crippen LogP contribution is 2.32. The molecule has 0 unspecified atom stereocenters. The summed E-state index contributed by atoms with van der Waals surface area (Å²) in [4.78, 5) is 36.0. The standard InChI is InChI=1S/C22H21NO7/c1-27-22(26)17(11-15-5-3-2-4-6-15)23-20(24)13-28-21(25)10-8-16-7-9-18-19(12-16)30-14-29-18/h2-10,12,17H,11,13-14H2,1H3,(H,23,24)/b10-8+/t17-/m0/s1. The Balaban J connectivity index is 1.49. The molecule has 3 rings (SSSR count). The first-order valence-electron chi connectivity index (χ1n) is 9.21. The summed E-state index contributed by atoms with van der Waals surface area (Å²) in [5, 5.41) is 2.53. The zero-order valence-corrected chi connectivity index (χ0v) is 16.3. The molecule has 2 aromatic rings. The highest BCUT2D eigenvalue weighted by Gasteiger charge is 2.22. The molecule has 0 bridgehead atoms. The lowest BCUT2D eigenvalue weighted by Gasteiger charge is -2.16. The van der Waals surface area contributed by atoms with E-state index in [9.17, 15) is 14.4 Å². The van der Waals surface area contributed by atoms with E-state index >= 15 is 0 Å². The minimum atomic E-state index is -0.882. The van der Waals surface area contributed by atoms with Gasteiger partial charge in [0.2, 0.25) is 6.79 Å². The predicted octanol–water partition coefficient (Wildman–Crippen LogP) is 1.87. The fraction of sp³-hybridized carbons (Fsp3) is 0.227. The summed E-state index contributed by atoms with van der Waals surface area (Å²) in [6, 6.07) is 13.5. The molecule has 8 heteroatoms. The van der Waals surface area contributed by atoms with E-state index in [0.717, 1.165) is 5.56 Å². The highest BCUT2D eigenvalue weighted by molar-refractivity contribution is 5.90. The number of nitrogens with one attached hydrogen (secondary N) is 1. The molecule has 0 saturated carbocycles. The second kappa shape index (κ2) is 10.1. The van der Waals surface area contributed by atoms with Crippen molar-refractivity contribution in [3.05, 3.63) is 65.7 Å². The zero-order chi connectivity index (χ0) is 21.3. The van der Waals surface area contributed by atoms with Crippen molar-refractivity contribution < 1.29 is 33.3 Å². The molecule has 0 saturated heterocycles. The quantitative estimate of drug-likeness (QED) is 0.523. The summed E-state index contributed by atoms with van der Waals surface area (Å²) in [6.45, 7) is -0.358. The van der Waals surface area contributed by atoms with E-state index in [-0.39, 0.29) is 13.2 Å². The second-order valence-electron chi connectivity index (χ2n) is 6.39. The average Bonchev–Trinajstić information content (AvgIpc) is 3.24. The molecule has 1 aliphatic rings. The Morgan fingerprint density at radius 3 is 2.63 bits per heavy atom. The zero-order valence-electron chi connectivity index (χ0n) is 16.3. The molecule has 30 heavy (non-hydrogen) atoms. The van der Waals surface area contributed by atoms with Gasteiger partial charge in [0.05, 0.1) is 7.11 Å². The summed E-state index contributed by atoms with van der Waals surface area (Å²) in [6.07, 6.45) is 3.00. The van der Waals surface area contributed by atoms with Gasteiger partial charge in [-0.15, -0.1) is 0 Å². The first-order valence-corrected chi connectivity index (χ1v) is 9.21. The molecule has 2 aromatic carbocycles. The number of rotatable bonds is 8. The Bertz CT molecular complexity index is 940. The number of benzene rings is 2. The Morgan fingerprint density at radius 1 is 1.10 bits per heavy atom. The molecule has 1 atom stereocenters. The summed E-state index contributed by atoms with van der Waals surface area (Å²) in [5.41, 5.74) is 1.58. The summed E-state index contributed by atoms with van der Waals surface area (Å²) < 4.78 is 20.2. The fourth-order valence-corrected chi connectivity index (χ4v) is 2.79. The van der Waals surface area contributed by atoms with E-state index in [1.54, 1.807) is 18.2 Å². The molecule has 0 aromatic heterocycles. The van der Waals surface area contributed by atoms with Crippen molar-refractivity contribution in [3.63, 3.8) is 0 Å². The molecule has 156 valence electrons. The van der Waals surface area contributed by atoms with Crippen LogP contribution in [0.1, 0.15) is 11.1 Å². The first kappa shape index (κ1) is 20.9.